The maximum atomic E-state index is 12.8. The molecule has 3 aromatic rings. The molecule has 0 bridgehead atoms. The van der Waals surface area contributed by atoms with Crippen molar-refractivity contribution in [1.82, 2.24) is 19.7 Å². The molecule has 126 valence electrons. The molecule has 3 heterocycles. The summed E-state index contributed by atoms with van der Waals surface area (Å²) in [7, 11) is 0. The summed E-state index contributed by atoms with van der Waals surface area (Å²) in [5, 5.41) is 8.65. The molecule has 0 atom stereocenters. The molecule has 0 aliphatic carbocycles. The van der Waals surface area contributed by atoms with Crippen molar-refractivity contribution in [1.29, 1.82) is 0 Å². The van der Waals surface area contributed by atoms with Gasteiger partial charge in [-0.15, -0.1) is 11.3 Å². The Morgan fingerprint density at radius 1 is 1.25 bits per heavy atom. The van der Waals surface area contributed by atoms with Gasteiger partial charge in [0.2, 0.25) is 0 Å². The van der Waals surface area contributed by atoms with Gasteiger partial charge in [0.05, 0.1) is 17.1 Å². The highest BCUT2D eigenvalue weighted by atomic mass is 32.1. The predicted octanol–water partition coefficient (Wildman–Crippen LogP) is 4.15. The van der Waals surface area contributed by atoms with Crippen LogP contribution in [0.1, 0.15) is 60.6 Å². The lowest BCUT2D eigenvalue weighted by Crippen LogP contribution is -2.14. The Bertz CT molecular complexity index is 894. The Labute approximate surface area is 144 Å². The number of pyridine rings is 1. The topological polar surface area (TPSA) is 72.7 Å². The first-order chi connectivity index (χ1) is 11.4. The van der Waals surface area contributed by atoms with Gasteiger partial charge in [-0.25, -0.2) is 14.6 Å². The Balaban J connectivity index is 2.09. The first-order valence-electron chi connectivity index (χ1n) is 7.98. The van der Waals surface area contributed by atoms with Crippen molar-refractivity contribution in [3.05, 3.63) is 34.6 Å². The normalized spacial score (nSPS) is 11.6. The van der Waals surface area contributed by atoms with Gasteiger partial charge in [-0.2, -0.15) is 5.10 Å². The van der Waals surface area contributed by atoms with Crippen LogP contribution in [0, 0.1) is 6.92 Å². The van der Waals surface area contributed by atoms with Gasteiger partial charge in [0.1, 0.15) is 0 Å². The lowest BCUT2D eigenvalue weighted by molar-refractivity contribution is 0.102. The summed E-state index contributed by atoms with van der Waals surface area (Å²) < 4.78 is 1.85. The van der Waals surface area contributed by atoms with Gasteiger partial charge in [-0.3, -0.25) is 10.1 Å². The number of thiazole rings is 1. The largest absolute Gasteiger partial charge is 0.298 e. The van der Waals surface area contributed by atoms with Crippen LogP contribution in [-0.4, -0.2) is 25.7 Å². The van der Waals surface area contributed by atoms with Gasteiger partial charge < -0.3 is 0 Å². The Kier molecular flexibility index (Phi) is 4.36. The molecule has 24 heavy (non-hydrogen) atoms. The zero-order chi connectivity index (χ0) is 17.4. The molecule has 0 saturated carbocycles. The number of carbonyl (C=O) groups excluding carboxylic acids is 1. The summed E-state index contributed by atoms with van der Waals surface area (Å²) in [6, 6.07) is 2.03. The number of aryl methyl sites for hydroxylation is 1. The van der Waals surface area contributed by atoms with Crippen LogP contribution in [0.25, 0.3) is 11.0 Å². The van der Waals surface area contributed by atoms with Crippen LogP contribution in [0.4, 0.5) is 5.13 Å². The van der Waals surface area contributed by atoms with E-state index in [-0.39, 0.29) is 17.9 Å². The molecular formula is C17H21N5OS. The van der Waals surface area contributed by atoms with Crippen molar-refractivity contribution in [2.24, 2.45) is 0 Å². The fourth-order valence-electron chi connectivity index (χ4n) is 2.48. The molecule has 1 amide bonds. The van der Waals surface area contributed by atoms with Crippen molar-refractivity contribution < 1.29 is 4.79 Å². The number of anilines is 1. The summed E-state index contributed by atoms with van der Waals surface area (Å²) >= 11 is 1.46. The van der Waals surface area contributed by atoms with Gasteiger partial charge in [0, 0.05) is 22.8 Å². The highest BCUT2D eigenvalue weighted by molar-refractivity contribution is 7.15. The average Bonchev–Trinajstić information content (AvgIpc) is 3.11. The number of amides is 1. The maximum absolute atomic E-state index is 12.8. The van der Waals surface area contributed by atoms with E-state index in [9.17, 15) is 4.79 Å². The summed E-state index contributed by atoms with van der Waals surface area (Å²) in [6.45, 7) is 10.2. The fraction of sp³-hybridized carbons (Fsp3) is 0.412. The Morgan fingerprint density at radius 3 is 2.58 bits per heavy atom. The number of nitrogens with one attached hydrogen (secondary N) is 1. The van der Waals surface area contributed by atoms with Gasteiger partial charge in [0.15, 0.2) is 10.8 Å². The van der Waals surface area contributed by atoms with Crippen LogP contribution in [0.3, 0.4) is 0 Å². The monoisotopic (exact) mass is 343 g/mol. The van der Waals surface area contributed by atoms with Gasteiger partial charge in [-0.05, 0) is 32.8 Å². The van der Waals surface area contributed by atoms with Crippen LogP contribution in [0.5, 0.6) is 0 Å². The number of hydrogen-bond acceptors (Lipinski definition) is 5. The molecule has 0 aliphatic rings. The molecule has 0 unspecified atom stereocenters. The number of hydrogen-bond donors (Lipinski definition) is 1. The van der Waals surface area contributed by atoms with Crippen LogP contribution >= 0.6 is 11.3 Å². The first kappa shape index (κ1) is 16.6. The quantitative estimate of drug-likeness (QED) is 0.772. The third-order valence-corrected chi connectivity index (χ3v) is 4.58. The summed E-state index contributed by atoms with van der Waals surface area (Å²) in [5.41, 5.74) is 2.21. The standard InChI is InChI=1S/C17H21N5OS/c1-9(2)14-6-12(16(23)21-17-18-7-11(5)24-17)13-8-19-22(10(3)4)15(13)20-14/h6-10H,1-5H3,(H,18,21,23). The summed E-state index contributed by atoms with van der Waals surface area (Å²) in [5.74, 6) is 0.0422. The van der Waals surface area contributed by atoms with E-state index in [1.807, 2.05) is 31.5 Å². The minimum Gasteiger partial charge on any atom is -0.298 e. The molecule has 0 spiro atoms. The number of aromatic nitrogens is 4. The van der Waals surface area contributed by atoms with E-state index in [2.05, 4.69) is 29.2 Å². The number of nitrogens with zero attached hydrogens (tertiary/aromatic N) is 4. The van der Waals surface area contributed by atoms with Gasteiger partial charge >= 0.3 is 0 Å². The number of rotatable bonds is 4. The second kappa shape index (κ2) is 6.32. The van der Waals surface area contributed by atoms with E-state index in [0.717, 1.165) is 21.6 Å². The minimum absolute atomic E-state index is 0.176. The van der Waals surface area contributed by atoms with Gasteiger partial charge in [0.25, 0.3) is 5.91 Å². The number of fused-ring (bicyclic) bond motifs is 1. The zero-order valence-corrected chi connectivity index (χ0v) is 15.3. The maximum Gasteiger partial charge on any atom is 0.258 e. The lowest BCUT2D eigenvalue weighted by atomic mass is 10.0. The summed E-state index contributed by atoms with van der Waals surface area (Å²) in [6.07, 6.45) is 3.47. The third kappa shape index (κ3) is 3.03. The first-order valence-corrected chi connectivity index (χ1v) is 8.80. The molecule has 0 saturated heterocycles. The number of carbonyl (C=O) groups is 1. The van der Waals surface area contributed by atoms with Crippen molar-refractivity contribution in [3.8, 4) is 0 Å². The van der Waals surface area contributed by atoms with E-state index in [0.29, 0.717) is 10.7 Å². The van der Waals surface area contributed by atoms with Crippen molar-refractivity contribution in [2.45, 2.75) is 46.6 Å². The third-order valence-electron chi connectivity index (χ3n) is 3.75. The van der Waals surface area contributed by atoms with E-state index in [4.69, 9.17) is 4.98 Å². The molecule has 3 rings (SSSR count). The fourth-order valence-corrected chi connectivity index (χ4v) is 3.14. The van der Waals surface area contributed by atoms with Crippen LogP contribution < -0.4 is 5.32 Å². The summed E-state index contributed by atoms with van der Waals surface area (Å²) in [4.78, 5) is 22.8. The van der Waals surface area contributed by atoms with E-state index < -0.39 is 0 Å². The van der Waals surface area contributed by atoms with Crippen molar-refractivity contribution in [2.75, 3.05) is 5.32 Å². The minimum atomic E-state index is -0.179. The lowest BCUT2D eigenvalue weighted by Gasteiger charge is -2.11. The van der Waals surface area contributed by atoms with E-state index in [1.165, 1.54) is 11.3 Å². The van der Waals surface area contributed by atoms with Crippen LogP contribution in [0.2, 0.25) is 0 Å². The molecule has 1 N–H and O–H groups in total. The molecule has 0 aromatic carbocycles. The highest BCUT2D eigenvalue weighted by Crippen LogP contribution is 2.25. The van der Waals surface area contributed by atoms with Gasteiger partial charge in [-0.1, -0.05) is 13.8 Å². The molecule has 7 heteroatoms. The molecule has 0 fully saturated rings. The SMILES string of the molecule is Cc1cnc(NC(=O)c2cc(C(C)C)nc3c2cnn3C(C)C)s1. The molecule has 0 aliphatic heterocycles. The molecular weight excluding hydrogens is 322 g/mol. The predicted molar refractivity (Wildman–Crippen MR) is 96.8 cm³/mol. The smallest absolute Gasteiger partial charge is 0.258 e. The molecule has 0 radical (unpaired) electrons. The van der Waals surface area contributed by atoms with Crippen LogP contribution in [-0.2, 0) is 0 Å². The second-order valence-electron chi connectivity index (χ2n) is 6.40. The van der Waals surface area contributed by atoms with E-state index in [1.54, 1.807) is 12.4 Å². The zero-order valence-electron chi connectivity index (χ0n) is 14.5. The van der Waals surface area contributed by atoms with Crippen LogP contribution in [0.15, 0.2) is 18.5 Å². The average molecular weight is 343 g/mol. The Morgan fingerprint density at radius 2 is 2.00 bits per heavy atom. The van der Waals surface area contributed by atoms with E-state index >= 15 is 0 Å². The molecule has 6 nitrogen and oxygen atoms in total. The van der Waals surface area contributed by atoms with Crippen molar-refractivity contribution in [3.63, 3.8) is 0 Å². The highest BCUT2D eigenvalue weighted by Gasteiger charge is 2.19. The van der Waals surface area contributed by atoms with Crippen molar-refractivity contribution >= 4 is 33.4 Å². The molecule has 3 aromatic heterocycles. The second-order valence-corrected chi connectivity index (χ2v) is 7.63. The Hall–Kier alpha value is -2.28.